The van der Waals surface area contributed by atoms with Crippen LogP contribution in [0.3, 0.4) is 0 Å². The molecule has 1 aliphatic rings. The smallest absolute Gasteiger partial charge is 1.00 e. The fourth-order valence-electron chi connectivity index (χ4n) is 0.620. The molecule has 9 heavy (non-hydrogen) atoms. The van der Waals surface area contributed by atoms with E-state index in [2.05, 4.69) is 31.2 Å². The summed E-state index contributed by atoms with van der Waals surface area (Å²) < 4.78 is 0. The Morgan fingerprint density at radius 1 is 1.33 bits per heavy atom. The third kappa shape index (κ3) is 5.16. The zero-order valence-corrected chi connectivity index (χ0v) is 10.7. The summed E-state index contributed by atoms with van der Waals surface area (Å²) in [5, 5.41) is 0. The Balaban J connectivity index is 0. The van der Waals surface area contributed by atoms with Crippen molar-refractivity contribution in [2.45, 2.75) is 13.3 Å². The molecule has 2 heteroatoms. The summed E-state index contributed by atoms with van der Waals surface area (Å²) >= 11 is 0. The third-order valence-corrected chi connectivity index (χ3v) is 1.07. The van der Waals surface area contributed by atoms with Crippen molar-refractivity contribution in [1.82, 2.24) is 0 Å². The van der Waals surface area contributed by atoms with Gasteiger partial charge in [-0.25, -0.2) is 18.1 Å². The summed E-state index contributed by atoms with van der Waals surface area (Å²) in [6.45, 7) is 2.14. The van der Waals surface area contributed by atoms with Crippen molar-refractivity contribution < 1.29 is 43.5 Å². The van der Waals surface area contributed by atoms with Gasteiger partial charge in [-0.05, 0) is 0 Å². The van der Waals surface area contributed by atoms with E-state index in [1.807, 2.05) is 0 Å². The van der Waals surface area contributed by atoms with Crippen LogP contribution >= 0.6 is 0 Å². The average molecular weight is 285 g/mol. The van der Waals surface area contributed by atoms with Gasteiger partial charge in [0.1, 0.15) is 0 Å². The summed E-state index contributed by atoms with van der Waals surface area (Å²) in [5.41, 5.74) is 0. The van der Waals surface area contributed by atoms with Crippen LogP contribution in [0.1, 0.15) is 13.3 Å². The van der Waals surface area contributed by atoms with Crippen molar-refractivity contribution in [2.75, 3.05) is 0 Å². The van der Waals surface area contributed by atoms with Gasteiger partial charge in [-0.15, -0.1) is 19.1 Å². The average Bonchev–Trinajstić information content (AvgIpc) is 1.69. The van der Waals surface area contributed by atoms with Crippen LogP contribution in [-0.4, -0.2) is 0 Å². The first-order valence-electron chi connectivity index (χ1n) is 2.55. The van der Waals surface area contributed by atoms with Crippen LogP contribution in [-0.2, 0) is 19.5 Å². The van der Waals surface area contributed by atoms with E-state index in [1.165, 1.54) is 5.92 Å². The van der Waals surface area contributed by atoms with Gasteiger partial charge >= 0.3 is 19.5 Å². The minimum absolute atomic E-state index is 0. The Labute approximate surface area is 86.6 Å². The predicted octanol–water partition coefficient (Wildman–Crippen LogP) is -0.902. The molecule has 0 radical (unpaired) electrons. The first-order valence-corrected chi connectivity index (χ1v) is 2.55. The number of hydrogen-bond acceptors (Lipinski definition) is 0. The molecule has 0 spiro atoms. The Morgan fingerprint density at radius 3 is 2.22 bits per heavy atom. The number of rotatable bonds is 0. The second kappa shape index (κ2) is 6.82. The molecule has 0 saturated heterocycles. The first-order chi connectivity index (χ1) is 3.39. The number of hydrogen-bond donors (Lipinski definition) is 0. The fraction of sp³-hybridized carbons (Fsp3) is 0.286. The van der Waals surface area contributed by atoms with E-state index in [0.717, 1.165) is 6.42 Å². The van der Waals surface area contributed by atoms with Crippen molar-refractivity contribution >= 4 is 0 Å². The molecule has 0 bridgehead atoms. The Morgan fingerprint density at radius 2 is 2.00 bits per heavy atom. The van der Waals surface area contributed by atoms with Gasteiger partial charge < -0.3 is 24.0 Å². The Kier molecular flexibility index (Phi) is 9.38. The molecule has 0 atom stereocenters. The van der Waals surface area contributed by atoms with Crippen molar-refractivity contribution in [3.05, 3.63) is 30.2 Å². The molecule has 0 amide bonds. The van der Waals surface area contributed by atoms with E-state index in [1.54, 1.807) is 0 Å². The SMILES string of the molecule is C[C-]1C=CC=CC1.[I-].[Zn+2]. The maximum atomic E-state index is 2.16. The van der Waals surface area contributed by atoms with Crippen molar-refractivity contribution in [3.63, 3.8) is 0 Å². The molecule has 0 heterocycles. The zero-order valence-electron chi connectivity index (χ0n) is 5.60. The fourth-order valence-corrected chi connectivity index (χ4v) is 0.620. The van der Waals surface area contributed by atoms with Gasteiger partial charge in [0, 0.05) is 0 Å². The molecular weight excluding hydrogens is 276 g/mol. The maximum absolute atomic E-state index is 2.16. The normalized spacial score (nSPS) is 14.1. The molecule has 0 aliphatic heterocycles. The summed E-state index contributed by atoms with van der Waals surface area (Å²) in [7, 11) is 0. The topological polar surface area (TPSA) is 0 Å². The molecule has 0 aromatic heterocycles. The van der Waals surface area contributed by atoms with Gasteiger partial charge in [-0.1, -0.05) is 6.42 Å². The van der Waals surface area contributed by atoms with E-state index in [0.29, 0.717) is 0 Å². The van der Waals surface area contributed by atoms with Crippen LogP contribution in [0, 0.1) is 5.92 Å². The minimum atomic E-state index is 0. The van der Waals surface area contributed by atoms with Crippen LogP contribution in [0.2, 0.25) is 0 Å². The van der Waals surface area contributed by atoms with Gasteiger partial charge in [0.2, 0.25) is 0 Å². The van der Waals surface area contributed by atoms with E-state index in [9.17, 15) is 0 Å². The van der Waals surface area contributed by atoms with Crippen LogP contribution < -0.4 is 24.0 Å². The summed E-state index contributed by atoms with van der Waals surface area (Å²) in [6.07, 6.45) is 9.58. The predicted molar refractivity (Wildman–Crippen MR) is 31.8 cm³/mol. The molecular formula is C7H9IZn. The van der Waals surface area contributed by atoms with Crippen molar-refractivity contribution in [1.29, 1.82) is 0 Å². The third-order valence-electron chi connectivity index (χ3n) is 1.07. The van der Waals surface area contributed by atoms with E-state index < -0.39 is 0 Å². The molecule has 0 nitrogen and oxygen atoms in total. The monoisotopic (exact) mass is 284 g/mol. The van der Waals surface area contributed by atoms with Gasteiger partial charge in [0.15, 0.2) is 0 Å². The van der Waals surface area contributed by atoms with Gasteiger partial charge in [-0.3, -0.25) is 0 Å². The van der Waals surface area contributed by atoms with Crippen LogP contribution in [0.25, 0.3) is 0 Å². The Hall–Kier alpha value is 0.703. The summed E-state index contributed by atoms with van der Waals surface area (Å²) in [4.78, 5) is 0. The molecule has 0 aromatic rings. The summed E-state index contributed by atoms with van der Waals surface area (Å²) in [5.74, 6) is 1.45. The number of halogens is 1. The van der Waals surface area contributed by atoms with Crippen LogP contribution in [0.5, 0.6) is 0 Å². The van der Waals surface area contributed by atoms with Crippen molar-refractivity contribution in [3.8, 4) is 0 Å². The van der Waals surface area contributed by atoms with Gasteiger partial charge in [-0.2, -0.15) is 0 Å². The van der Waals surface area contributed by atoms with Crippen LogP contribution in [0.4, 0.5) is 0 Å². The molecule has 1 rings (SSSR count). The molecule has 0 unspecified atom stereocenters. The van der Waals surface area contributed by atoms with E-state index in [4.69, 9.17) is 0 Å². The molecule has 46 valence electrons. The van der Waals surface area contributed by atoms with E-state index >= 15 is 0 Å². The maximum Gasteiger partial charge on any atom is 2.00 e. The second-order valence-electron chi connectivity index (χ2n) is 1.84. The standard InChI is InChI=1S/C7H9.HI.Zn/c1-7-5-3-2-4-6-7;;/h2-5H,6H2,1H3;1H;/q-1;;+2/p-1. The Bertz CT molecular complexity index is 107. The summed E-state index contributed by atoms with van der Waals surface area (Å²) in [6, 6.07) is 0. The molecule has 0 N–H and O–H groups in total. The molecule has 0 fully saturated rings. The second-order valence-corrected chi connectivity index (χ2v) is 1.84. The molecule has 1 aliphatic carbocycles. The quantitative estimate of drug-likeness (QED) is 0.307. The largest absolute Gasteiger partial charge is 2.00 e. The number of allylic oxidation sites excluding steroid dienone is 4. The van der Waals surface area contributed by atoms with Gasteiger partial charge in [0.25, 0.3) is 0 Å². The molecule has 0 aromatic carbocycles. The van der Waals surface area contributed by atoms with Crippen LogP contribution in [0.15, 0.2) is 24.3 Å². The van der Waals surface area contributed by atoms with Crippen molar-refractivity contribution in [2.24, 2.45) is 0 Å². The zero-order chi connectivity index (χ0) is 5.11. The van der Waals surface area contributed by atoms with Gasteiger partial charge in [0.05, 0.1) is 0 Å². The minimum Gasteiger partial charge on any atom is -1.00 e. The molecule has 0 saturated carbocycles. The first kappa shape index (κ1) is 12.4. The van der Waals surface area contributed by atoms with E-state index in [-0.39, 0.29) is 43.5 Å².